The molecule has 0 saturated heterocycles. The topological polar surface area (TPSA) is 24.4 Å². The van der Waals surface area contributed by atoms with Gasteiger partial charge in [-0.05, 0) is 20.8 Å². The highest BCUT2D eigenvalue weighted by Crippen LogP contribution is 2.17. The Bertz CT molecular complexity index is 429. The minimum atomic E-state index is -0.267. The summed E-state index contributed by atoms with van der Waals surface area (Å²) in [5, 5.41) is 3.18. The number of thiocarbonyl (C=S) groups is 1. The molecule has 0 saturated carbocycles. The quantitative estimate of drug-likeness (QED) is 0.732. The first-order chi connectivity index (χ1) is 6.98. The smallest absolute Gasteiger partial charge is 0.127 e. The van der Waals surface area contributed by atoms with Gasteiger partial charge >= 0.3 is 0 Å². The van der Waals surface area contributed by atoms with Gasteiger partial charge in [0.1, 0.15) is 16.4 Å². The lowest BCUT2D eigenvalue weighted by molar-refractivity contribution is 0.506. The van der Waals surface area contributed by atoms with Gasteiger partial charge in [-0.15, -0.1) is 0 Å². The van der Waals surface area contributed by atoms with Crippen molar-refractivity contribution in [3.63, 3.8) is 0 Å². The van der Waals surface area contributed by atoms with Crippen LogP contribution in [0.5, 0.6) is 0 Å². The number of nitrogens with zero attached hydrogens (tertiary/aromatic N) is 1. The molecule has 0 radical (unpaired) electrons. The van der Waals surface area contributed by atoms with E-state index in [1.165, 1.54) is 5.56 Å². The summed E-state index contributed by atoms with van der Waals surface area (Å²) in [7, 11) is 0. The van der Waals surface area contributed by atoms with Crippen molar-refractivity contribution in [2.75, 3.05) is 0 Å². The fraction of sp³-hybridized carbons (Fsp3) is 0.333. The normalized spacial score (nSPS) is 18.6. The highest BCUT2D eigenvalue weighted by Gasteiger charge is 2.28. The molecule has 1 aromatic carbocycles. The number of hydrogen-bond acceptors (Lipinski definition) is 2. The molecule has 3 heteroatoms. The molecule has 0 spiro atoms. The van der Waals surface area contributed by atoms with Crippen molar-refractivity contribution in [2.45, 2.75) is 26.4 Å². The van der Waals surface area contributed by atoms with Crippen molar-refractivity contribution in [3.05, 3.63) is 35.4 Å². The van der Waals surface area contributed by atoms with Gasteiger partial charge in [-0.1, -0.05) is 42.0 Å². The predicted octanol–water partition coefficient (Wildman–Crippen LogP) is 2.45. The average Bonchev–Trinajstić information content (AvgIpc) is 2.41. The molecule has 0 aliphatic carbocycles. The van der Waals surface area contributed by atoms with E-state index in [0.29, 0.717) is 0 Å². The molecule has 15 heavy (non-hydrogen) atoms. The number of aliphatic imine (C=N–C) groups is 1. The van der Waals surface area contributed by atoms with Gasteiger partial charge in [0.05, 0.1) is 0 Å². The van der Waals surface area contributed by atoms with Gasteiger partial charge in [-0.2, -0.15) is 0 Å². The van der Waals surface area contributed by atoms with Crippen molar-refractivity contribution in [2.24, 2.45) is 4.99 Å². The second-order valence-corrected chi connectivity index (χ2v) is 4.75. The summed E-state index contributed by atoms with van der Waals surface area (Å²) in [6.07, 6.45) is 0. The molecule has 0 unspecified atom stereocenters. The molecule has 1 aliphatic heterocycles. The van der Waals surface area contributed by atoms with Gasteiger partial charge in [0, 0.05) is 5.56 Å². The standard InChI is InChI=1S/C12H14N2S/c1-8-4-6-9(7-5-8)10-11(15)14-12(2,3)13-10/h4-7H,1-3H3,(H,14,15). The Kier molecular flexibility index (Phi) is 2.35. The minimum absolute atomic E-state index is 0.267. The molecule has 0 aromatic heterocycles. The monoisotopic (exact) mass is 218 g/mol. The fourth-order valence-corrected chi connectivity index (χ4v) is 2.02. The highest BCUT2D eigenvalue weighted by molar-refractivity contribution is 7.82. The van der Waals surface area contributed by atoms with E-state index in [-0.39, 0.29) is 5.66 Å². The first-order valence-electron chi connectivity index (χ1n) is 4.97. The zero-order chi connectivity index (χ0) is 11.1. The minimum Gasteiger partial charge on any atom is -0.351 e. The summed E-state index contributed by atoms with van der Waals surface area (Å²) >= 11 is 5.26. The number of benzene rings is 1. The Labute approximate surface area is 95.4 Å². The van der Waals surface area contributed by atoms with Gasteiger partial charge in [0.2, 0.25) is 0 Å². The van der Waals surface area contributed by atoms with Gasteiger partial charge in [0.15, 0.2) is 0 Å². The molecule has 1 heterocycles. The predicted molar refractivity (Wildman–Crippen MR) is 67.5 cm³/mol. The van der Waals surface area contributed by atoms with E-state index in [4.69, 9.17) is 12.2 Å². The van der Waals surface area contributed by atoms with E-state index in [1.807, 2.05) is 13.8 Å². The molecular formula is C12H14N2S. The zero-order valence-electron chi connectivity index (χ0n) is 9.16. The summed E-state index contributed by atoms with van der Waals surface area (Å²) < 4.78 is 0. The molecule has 2 rings (SSSR count). The number of aryl methyl sites for hydroxylation is 1. The van der Waals surface area contributed by atoms with Crippen molar-refractivity contribution < 1.29 is 0 Å². The van der Waals surface area contributed by atoms with Crippen LogP contribution in [0.1, 0.15) is 25.0 Å². The third-order valence-corrected chi connectivity index (χ3v) is 2.65. The van der Waals surface area contributed by atoms with E-state index < -0.39 is 0 Å². The van der Waals surface area contributed by atoms with Gasteiger partial charge < -0.3 is 5.32 Å². The van der Waals surface area contributed by atoms with Gasteiger partial charge in [-0.25, -0.2) is 0 Å². The fourth-order valence-electron chi connectivity index (χ4n) is 1.60. The second kappa shape index (κ2) is 3.42. The molecule has 0 atom stereocenters. The third-order valence-electron chi connectivity index (χ3n) is 2.35. The van der Waals surface area contributed by atoms with Crippen LogP contribution in [0.15, 0.2) is 29.3 Å². The van der Waals surface area contributed by atoms with Crippen LogP contribution in [0.3, 0.4) is 0 Å². The number of rotatable bonds is 1. The van der Waals surface area contributed by atoms with Gasteiger partial charge in [-0.3, -0.25) is 4.99 Å². The first-order valence-corrected chi connectivity index (χ1v) is 5.38. The molecule has 1 aliphatic rings. The number of hydrogen-bond donors (Lipinski definition) is 1. The molecule has 1 N–H and O–H groups in total. The Balaban J connectivity index is 2.40. The van der Waals surface area contributed by atoms with Crippen LogP contribution in [0.25, 0.3) is 0 Å². The van der Waals surface area contributed by atoms with Crippen LogP contribution in [-0.4, -0.2) is 16.4 Å². The van der Waals surface area contributed by atoms with Crippen molar-refractivity contribution in [3.8, 4) is 0 Å². The third kappa shape index (κ3) is 2.07. The maximum Gasteiger partial charge on any atom is 0.127 e. The van der Waals surface area contributed by atoms with E-state index >= 15 is 0 Å². The molecule has 2 nitrogen and oxygen atoms in total. The van der Waals surface area contributed by atoms with E-state index in [9.17, 15) is 0 Å². The summed E-state index contributed by atoms with van der Waals surface area (Å²) in [5.41, 5.74) is 2.96. The SMILES string of the molecule is Cc1ccc(C2=NC(C)(C)NC2=S)cc1. The Morgan fingerprint density at radius 1 is 1.20 bits per heavy atom. The molecule has 0 bridgehead atoms. The second-order valence-electron chi connectivity index (χ2n) is 4.34. The molecule has 0 fully saturated rings. The maximum atomic E-state index is 5.26. The largest absolute Gasteiger partial charge is 0.351 e. The van der Waals surface area contributed by atoms with Crippen LogP contribution >= 0.6 is 12.2 Å². The Hall–Kier alpha value is -1.22. The lowest BCUT2D eigenvalue weighted by atomic mass is 10.1. The van der Waals surface area contributed by atoms with Crippen LogP contribution in [0.2, 0.25) is 0 Å². The van der Waals surface area contributed by atoms with Crippen LogP contribution < -0.4 is 5.32 Å². The van der Waals surface area contributed by atoms with Crippen LogP contribution in [-0.2, 0) is 0 Å². The summed E-state index contributed by atoms with van der Waals surface area (Å²) in [4.78, 5) is 5.31. The van der Waals surface area contributed by atoms with Crippen molar-refractivity contribution >= 4 is 22.9 Å². The lowest BCUT2D eigenvalue weighted by Crippen LogP contribution is -2.35. The van der Waals surface area contributed by atoms with Crippen molar-refractivity contribution in [1.29, 1.82) is 0 Å². The lowest BCUT2D eigenvalue weighted by Gasteiger charge is -2.13. The van der Waals surface area contributed by atoms with E-state index in [1.54, 1.807) is 0 Å². The van der Waals surface area contributed by atoms with E-state index in [0.717, 1.165) is 16.3 Å². The highest BCUT2D eigenvalue weighted by atomic mass is 32.1. The summed E-state index contributed by atoms with van der Waals surface area (Å²) in [6, 6.07) is 8.27. The summed E-state index contributed by atoms with van der Waals surface area (Å²) in [5.74, 6) is 0. The van der Waals surface area contributed by atoms with Crippen molar-refractivity contribution in [1.82, 2.24) is 5.32 Å². The number of nitrogens with one attached hydrogen (secondary N) is 1. The molecule has 1 aromatic rings. The molecular weight excluding hydrogens is 204 g/mol. The first kappa shape index (κ1) is 10.3. The average molecular weight is 218 g/mol. The van der Waals surface area contributed by atoms with Gasteiger partial charge in [0.25, 0.3) is 0 Å². The van der Waals surface area contributed by atoms with Crippen LogP contribution in [0, 0.1) is 6.92 Å². The molecule has 0 amide bonds. The van der Waals surface area contributed by atoms with E-state index in [2.05, 4.69) is 41.5 Å². The molecule has 78 valence electrons. The maximum absolute atomic E-state index is 5.26. The Morgan fingerprint density at radius 2 is 1.80 bits per heavy atom. The Morgan fingerprint density at radius 3 is 2.27 bits per heavy atom. The zero-order valence-corrected chi connectivity index (χ0v) is 9.98. The summed E-state index contributed by atoms with van der Waals surface area (Å²) in [6.45, 7) is 6.10. The van der Waals surface area contributed by atoms with Crippen LogP contribution in [0.4, 0.5) is 0 Å².